The Kier molecular flexibility index (Phi) is 6.99. The largest absolute Gasteiger partial charge is 0.507 e. The second-order valence-electron chi connectivity index (χ2n) is 11.2. The predicted octanol–water partition coefficient (Wildman–Crippen LogP) is 4.96. The number of methoxy groups -OCH3 is 1. The molecule has 2 aliphatic rings. The van der Waals surface area contributed by atoms with Gasteiger partial charge in [-0.25, -0.2) is 0 Å². The number of rotatable bonds is 5. The molecule has 8 nitrogen and oxygen atoms in total. The molecule has 8 heteroatoms. The van der Waals surface area contributed by atoms with E-state index in [1.807, 2.05) is 51.1 Å². The number of aliphatic hydroxyl groups excluding tert-OH is 1. The lowest BCUT2D eigenvalue weighted by atomic mass is 9.84. The number of ether oxygens (including phenoxy) is 1. The number of benzene rings is 2. The van der Waals surface area contributed by atoms with E-state index in [2.05, 4.69) is 16.8 Å². The molecule has 0 aliphatic carbocycles. The summed E-state index contributed by atoms with van der Waals surface area (Å²) in [5.41, 5.74) is 2.63. The highest BCUT2D eigenvalue weighted by molar-refractivity contribution is 6.51. The molecule has 1 unspecified atom stereocenters. The van der Waals surface area contributed by atoms with Crippen LogP contribution in [0.25, 0.3) is 5.76 Å². The van der Waals surface area contributed by atoms with E-state index in [0.29, 0.717) is 22.8 Å². The Bertz CT molecular complexity index is 1390. The fourth-order valence-corrected chi connectivity index (χ4v) is 5.30. The maximum atomic E-state index is 13.5. The molecule has 2 saturated heterocycles. The van der Waals surface area contributed by atoms with Crippen molar-refractivity contribution >= 4 is 28.8 Å². The number of hydrogen-bond donors (Lipinski definition) is 1. The molecule has 1 atom stereocenters. The van der Waals surface area contributed by atoms with Gasteiger partial charge in [-0.3, -0.25) is 14.5 Å². The monoisotopic (exact) mass is 529 g/mol. The first-order valence-electron chi connectivity index (χ1n) is 13.2. The lowest BCUT2D eigenvalue weighted by Gasteiger charge is -2.34. The van der Waals surface area contributed by atoms with Crippen molar-refractivity contribution in [2.75, 3.05) is 50.1 Å². The molecule has 0 radical (unpaired) electrons. The molecule has 3 heterocycles. The van der Waals surface area contributed by atoms with Gasteiger partial charge in [-0.05, 0) is 67.1 Å². The van der Waals surface area contributed by atoms with Crippen molar-refractivity contribution in [1.29, 1.82) is 0 Å². The first kappa shape index (κ1) is 26.6. The number of carbonyl (C=O) groups is 2. The van der Waals surface area contributed by atoms with Gasteiger partial charge >= 0.3 is 0 Å². The number of nitrogens with zero attached hydrogens (tertiary/aromatic N) is 3. The van der Waals surface area contributed by atoms with Crippen LogP contribution in [0.4, 0.5) is 11.4 Å². The number of furan rings is 1. The molecule has 2 aliphatic heterocycles. The number of Topliss-reactive ketones (excluding diaryl/α,β-unsaturated/α-hetero) is 1. The summed E-state index contributed by atoms with van der Waals surface area (Å²) in [6.45, 7) is 9.94. The lowest BCUT2D eigenvalue weighted by molar-refractivity contribution is -0.132. The summed E-state index contributed by atoms with van der Waals surface area (Å²) in [5.74, 6) is -0.648. The Morgan fingerprint density at radius 1 is 0.974 bits per heavy atom. The predicted molar refractivity (Wildman–Crippen MR) is 151 cm³/mol. The topological polar surface area (TPSA) is 86.5 Å². The molecule has 204 valence electrons. The van der Waals surface area contributed by atoms with Gasteiger partial charge in [-0.2, -0.15) is 0 Å². The lowest BCUT2D eigenvalue weighted by Crippen LogP contribution is -2.44. The van der Waals surface area contributed by atoms with Crippen LogP contribution >= 0.6 is 0 Å². The second kappa shape index (κ2) is 10.3. The van der Waals surface area contributed by atoms with Crippen molar-refractivity contribution < 1.29 is 23.8 Å². The molecule has 3 aromatic rings. The molecule has 2 fully saturated rings. The minimum atomic E-state index is -0.908. The Hall–Kier alpha value is -4.04. The van der Waals surface area contributed by atoms with Crippen LogP contribution in [-0.2, 0) is 15.0 Å². The summed E-state index contributed by atoms with van der Waals surface area (Å²) >= 11 is 0. The van der Waals surface area contributed by atoms with Crippen LogP contribution in [0.5, 0.6) is 5.75 Å². The standard InChI is InChI=1S/C31H35N3O5/c1-31(2,3)23-19-20(8-13-24(23)38-5)28(35)26-27(25-7-6-18-39-25)34(30(37)29(26)36)22-11-9-21(10-12-22)33-16-14-32(4)15-17-33/h6-13,18-19,27,35H,14-17H2,1-5H3/b28-26-. The first-order valence-corrected chi connectivity index (χ1v) is 13.2. The summed E-state index contributed by atoms with van der Waals surface area (Å²) in [6, 6.07) is 15.4. The summed E-state index contributed by atoms with van der Waals surface area (Å²) in [7, 11) is 3.71. The third kappa shape index (κ3) is 4.92. The summed E-state index contributed by atoms with van der Waals surface area (Å²) in [4.78, 5) is 32.9. The highest BCUT2D eigenvalue weighted by Crippen LogP contribution is 2.43. The minimum Gasteiger partial charge on any atom is -0.507 e. The smallest absolute Gasteiger partial charge is 0.300 e. The van der Waals surface area contributed by atoms with E-state index in [4.69, 9.17) is 9.15 Å². The van der Waals surface area contributed by atoms with Crippen molar-refractivity contribution in [3.05, 3.63) is 83.3 Å². The Morgan fingerprint density at radius 2 is 1.64 bits per heavy atom. The average Bonchev–Trinajstić information content (AvgIpc) is 3.55. The van der Waals surface area contributed by atoms with Crippen LogP contribution in [0.2, 0.25) is 0 Å². The van der Waals surface area contributed by atoms with Crippen LogP contribution in [0.1, 0.15) is 43.7 Å². The van der Waals surface area contributed by atoms with Crippen molar-refractivity contribution in [3.63, 3.8) is 0 Å². The maximum Gasteiger partial charge on any atom is 0.300 e. The molecular formula is C31H35N3O5. The number of piperazine rings is 1. The van der Waals surface area contributed by atoms with Crippen LogP contribution in [-0.4, -0.2) is 62.0 Å². The fourth-order valence-electron chi connectivity index (χ4n) is 5.30. The zero-order valence-corrected chi connectivity index (χ0v) is 23.1. The van der Waals surface area contributed by atoms with Gasteiger partial charge in [0.05, 0.1) is 18.9 Å². The van der Waals surface area contributed by atoms with Crippen molar-refractivity contribution in [1.82, 2.24) is 4.90 Å². The molecule has 1 N–H and O–H groups in total. The molecule has 0 spiro atoms. The van der Waals surface area contributed by atoms with E-state index in [1.165, 1.54) is 11.2 Å². The van der Waals surface area contributed by atoms with Gasteiger partial charge in [0, 0.05) is 48.7 Å². The van der Waals surface area contributed by atoms with Crippen LogP contribution in [0.15, 0.2) is 70.9 Å². The van der Waals surface area contributed by atoms with E-state index >= 15 is 0 Å². The zero-order valence-electron chi connectivity index (χ0n) is 23.1. The van der Waals surface area contributed by atoms with Crippen LogP contribution in [0.3, 0.4) is 0 Å². The Labute approximate surface area is 229 Å². The number of amides is 1. The average molecular weight is 530 g/mol. The van der Waals surface area contributed by atoms with Gasteiger partial charge in [-0.15, -0.1) is 0 Å². The van der Waals surface area contributed by atoms with E-state index in [0.717, 1.165) is 37.4 Å². The molecule has 1 aromatic heterocycles. The SMILES string of the molecule is COc1ccc(/C(O)=C2/C(=O)C(=O)N(c3ccc(N4CCN(C)CC4)cc3)C2c2ccco2)cc1C(C)(C)C. The highest BCUT2D eigenvalue weighted by atomic mass is 16.5. The Morgan fingerprint density at radius 3 is 2.23 bits per heavy atom. The van der Waals surface area contributed by atoms with Crippen LogP contribution in [0, 0.1) is 0 Å². The van der Waals surface area contributed by atoms with Gasteiger partial charge in [0.2, 0.25) is 0 Å². The number of aliphatic hydroxyl groups is 1. The molecule has 1 amide bonds. The maximum absolute atomic E-state index is 13.5. The van der Waals surface area contributed by atoms with Gasteiger partial charge in [0.15, 0.2) is 0 Å². The number of hydrogen-bond acceptors (Lipinski definition) is 7. The van der Waals surface area contributed by atoms with Crippen molar-refractivity contribution in [3.8, 4) is 5.75 Å². The number of carbonyl (C=O) groups excluding carboxylic acids is 2. The molecular weight excluding hydrogens is 494 g/mol. The van der Waals surface area contributed by atoms with Crippen molar-refractivity contribution in [2.45, 2.75) is 32.2 Å². The van der Waals surface area contributed by atoms with Gasteiger partial charge in [0.1, 0.15) is 23.3 Å². The van der Waals surface area contributed by atoms with E-state index in [-0.39, 0.29) is 16.7 Å². The fraction of sp³-hybridized carbons (Fsp3) is 0.355. The summed E-state index contributed by atoms with van der Waals surface area (Å²) in [5, 5.41) is 11.5. The van der Waals surface area contributed by atoms with Gasteiger partial charge < -0.3 is 24.1 Å². The Balaban J connectivity index is 1.57. The number of anilines is 2. The minimum absolute atomic E-state index is 0.0110. The molecule has 2 aromatic carbocycles. The summed E-state index contributed by atoms with van der Waals surface area (Å²) in [6.07, 6.45) is 1.50. The van der Waals surface area contributed by atoms with E-state index < -0.39 is 17.7 Å². The van der Waals surface area contributed by atoms with Crippen LogP contribution < -0.4 is 14.5 Å². The third-order valence-corrected chi connectivity index (χ3v) is 7.53. The molecule has 0 saturated carbocycles. The normalized spacial score (nSPS) is 20.1. The van der Waals surface area contributed by atoms with E-state index in [1.54, 1.807) is 31.4 Å². The van der Waals surface area contributed by atoms with Gasteiger partial charge in [0.25, 0.3) is 11.7 Å². The van der Waals surface area contributed by atoms with Gasteiger partial charge in [-0.1, -0.05) is 20.8 Å². The first-order chi connectivity index (χ1) is 18.6. The quantitative estimate of drug-likeness (QED) is 0.284. The molecule has 0 bridgehead atoms. The van der Waals surface area contributed by atoms with Crippen molar-refractivity contribution in [2.24, 2.45) is 0 Å². The molecule has 5 rings (SSSR count). The number of likely N-dealkylation sites (N-methyl/N-ethyl adjacent to an activating group) is 1. The number of ketones is 1. The summed E-state index contributed by atoms with van der Waals surface area (Å²) < 4.78 is 11.2. The van der Waals surface area contributed by atoms with E-state index in [9.17, 15) is 14.7 Å². The highest BCUT2D eigenvalue weighted by Gasteiger charge is 2.48. The zero-order chi connectivity index (χ0) is 27.9. The third-order valence-electron chi connectivity index (χ3n) is 7.53. The molecule has 39 heavy (non-hydrogen) atoms. The second-order valence-corrected chi connectivity index (χ2v) is 11.2.